The van der Waals surface area contributed by atoms with Crippen molar-refractivity contribution in [2.24, 2.45) is 0 Å². The third-order valence-electron chi connectivity index (χ3n) is 2.21. The molecule has 0 saturated heterocycles. The van der Waals surface area contributed by atoms with Gasteiger partial charge in [0.1, 0.15) is 6.26 Å². The van der Waals surface area contributed by atoms with Crippen LogP contribution in [-0.4, -0.2) is 11.1 Å². The van der Waals surface area contributed by atoms with Crippen LogP contribution < -0.4 is 5.32 Å². The van der Waals surface area contributed by atoms with Crippen molar-refractivity contribution in [2.45, 2.75) is 6.18 Å². The highest BCUT2D eigenvalue weighted by atomic mass is 79.9. The Morgan fingerprint density at radius 2 is 2.05 bits per heavy atom. The highest BCUT2D eigenvalue weighted by Crippen LogP contribution is 2.35. The maximum atomic E-state index is 12.7. The maximum absolute atomic E-state index is 12.7. The van der Waals surface area contributed by atoms with Crippen LogP contribution in [0.1, 0.15) is 15.9 Å². The fraction of sp³-hybridized carbons (Fsp3) is 0.0909. The molecular weight excluding hydrogens is 329 g/mol. The lowest BCUT2D eigenvalue weighted by Gasteiger charge is -2.10. The standard InChI is InChI=1S/C11H6BrF3N2O2/c12-8-2-1-6(5-7(8)11(13,14)15)10(18)16-9-3-4-19-17-9/h1-5H,(H,16,17,18). The first-order chi connectivity index (χ1) is 8.88. The zero-order valence-electron chi connectivity index (χ0n) is 9.16. The van der Waals surface area contributed by atoms with Gasteiger partial charge in [0.05, 0.1) is 5.56 Å². The van der Waals surface area contributed by atoms with E-state index in [9.17, 15) is 18.0 Å². The summed E-state index contributed by atoms with van der Waals surface area (Å²) in [6.07, 6.45) is -3.30. The first kappa shape index (κ1) is 13.6. The summed E-state index contributed by atoms with van der Waals surface area (Å²) in [7, 11) is 0. The van der Waals surface area contributed by atoms with E-state index in [0.717, 1.165) is 6.07 Å². The second-order valence-corrected chi connectivity index (χ2v) is 4.39. The molecule has 0 aliphatic rings. The molecule has 0 aliphatic carbocycles. The SMILES string of the molecule is O=C(Nc1ccon1)c1ccc(Br)c(C(F)(F)F)c1. The van der Waals surface area contributed by atoms with Crippen molar-refractivity contribution < 1.29 is 22.5 Å². The van der Waals surface area contributed by atoms with Gasteiger partial charge in [-0.1, -0.05) is 21.1 Å². The Kier molecular flexibility index (Phi) is 3.61. The molecule has 1 aromatic heterocycles. The largest absolute Gasteiger partial charge is 0.417 e. The van der Waals surface area contributed by atoms with Crippen molar-refractivity contribution >= 4 is 27.7 Å². The van der Waals surface area contributed by atoms with Gasteiger partial charge in [-0.15, -0.1) is 0 Å². The van der Waals surface area contributed by atoms with Crippen molar-refractivity contribution in [3.63, 3.8) is 0 Å². The number of nitrogens with one attached hydrogen (secondary N) is 1. The summed E-state index contributed by atoms with van der Waals surface area (Å²) in [4.78, 5) is 11.7. The van der Waals surface area contributed by atoms with E-state index in [1.807, 2.05) is 0 Å². The molecule has 1 aromatic carbocycles. The molecule has 2 aromatic rings. The summed E-state index contributed by atoms with van der Waals surface area (Å²) in [6.45, 7) is 0. The molecule has 1 N–H and O–H groups in total. The Bertz CT molecular complexity index is 596. The Labute approximate surface area is 113 Å². The van der Waals surface area contributed by atoms with Crippen LogP contribution in [-0.2, 0) is 6.18 Å². The van der Waals surface area contributed by atoms with Crippen LogP contribution in [0.3, 0.4) is 0 Å². The van der Waals surface area contributed by atoms with E-state index in [1.54, 1.807) is 0 Å². The molecular formula is C11H6BrF3N2O2. The molecule has 100 valence electrons. The topological polar surface area (TPSA) is 55.1 Å². The number of amides is 1. The van der Waals surface area contributed by atoms with E-state index in [1.165, 1.54) is 24.5 Å². The van der Waals surface area contributed by atoms with E-state index in [0.29, 0.717) is 0 Å². The number of carbonyl (C=O) groups is 1. The number of carbonyl (C=O) groups excluding carboxylic acids is 1. The Balaban J connectivity index is 2.28. The molecule has 1 heterocycles. The average Bonchev–Trinajstić information content (AvgIpc) is 2.80. The normalized spacial score (nSPS) is 11.4. The second-order valence-electron chi connectivity index (χ2n) is 3.53. The predicted octanol–water partition coefficient (Wildman–Crippen LogP) is 3.71. The summed E-state index contributed by atoms with van der Waals surface area (Å²) >= 11 is 2.80. The quantitative estimate of drug-likeness (QED) is 0.910. The van der Waals surface area contributed by atoms with Gasteiger partial charge in [-0.3, -0.25) is 4.79 Å². The first-order valence-corrected chi connectivity index (χ1v) is 5.75. The number of hydrogen-bond acceptors (Lipinski definition) is 3. The number of rotatable bonds is 2. The molecule has 0 radical (unpaired) electrons. The van der Waals surface area contributed by atoms with Crippen LogP contribution in [0.25, 0.3) is 0 Å². The fourth-order valence-corrected chi connectivity index (χ4v) is 1.82. The Morgan fingerprint density at radius 1 is 1.32 bits per heavy atom. The van der Waals surface area contributed by atoms with Gasteiger partial charge in [-0.25, -0.2) is 0 Å². The van der Waals surface area contributed by atoms with E-state index in [2.05, 4.69) is 30.9 Å². The van der Waals surface area contributed by atoms with Crippen molar-refractivity contribution in [3.05, 3.63) is 46.1 Å². The van der Waals surface area contributed by atoms with Gasteiger partial charge in [0, 0.05) is 16.1 Å². The summed E-state index contributed by atoms with van der Waals surface area (Å²) < 4.78 is 42.4. The molecule has 1 amide bonds. The molecule has 0 fully saturated rings. The van der Waals surface area contributed by atoms with Crippen LogP contribution in [0.2, 0.25) is 0 Å². The molecule has 4 nitrogen and oxygen atoms in total. The van der Waals surface area contributed by atoms with Gasteiger partial charge >= 0.3 is 6.18 Å². The van der Waals surface area contributed by atoms with Gasteiger partial charge in [0.25, 0.3) is 5.91 Å². The third-order valence-corrected chi connectivity index (χ3v) is 2.90. The number of halogens is 4. The Hall–Kier alpha value is -1.83. The highest BCUT2D eigenvalue weighted by Gasteiger charge is 2.33. The minimum Gasteiger partial charge on any atom is -0.363 e. The number of hydrogen-bond donors (Lipinski definition) is 1. The molecule has 0 unspecified atom stereocenters. The minimum absolute atomic E-state index is 0.126. The van der Waals surface area contributed by atoms with Crippen LogP contribution in [0, 0.1) is 0 Å². The fourth-order valence-electron chi connectivity index (χ4n) is 1.35. The number of anilines is 1. The number of aromatic nitrogens is 1. The van der Waals surface area contributed by atoms with Crippen molar-refractivity contribution in [1.82, 2.24) is 5.16 Å². The highest BCUT2D eigenvalue weighted by molar-refractivity contribution is 9.10. The van der Waals surface area contributed by atoms with Gasteiger partial charge in [0.15, 0.2) is 5.82 Å². The lowest BCUT2D eigenvalue weighted by Crippen LogP contribution is -2.14. The van der Waals surface area contributed by atoms with Gasteiger partial charge in [-0.05, 0) is 18.2 Å². The van der Waals surface area contributed by atoms with E-state index in [4.69, 9.17) is 0 Å². The lowest BCUT2D eigenvalue weighted by molar-refractivity contribution is -0.138. The molecule has 0 spiro atoms. The number of nitrogens with zero attached hydrogens (tertiary/aromatic N) is 1. The van der Waals surface area contributed by atoms with Crippen LogP contribution in [0.15, 0.2) is 39.5 Å². The van der Waals surface area contributed by atoms with Gasteiger partial charge < -0.3 is 9.84 Å². The molecule has 0 aliphatic heterocycles. The molecule has 0 saturated carbocycles. The lowest BCUT2D eigenvalue weighted by atomic mass is 10.1. The maximum Gasteiger partial charge on any atom is 0.417 e. The van der Waals surface area contributed by atoms with Gasteiger partial charge in [0.2, 0.25) is 0 Å². The zero-order valence-corrected chi connectivity index (χ0v) is 10.7. The summed E-state index contributed by atoms with van der Waals surface area (Å²) in [5.74, 6) is -0.576. The first-order valence-electron chi connectivity index (χ1n) is 4.96. The van der Waals surface area contributed by atoms with Crippen molar-refractivity contribution in [2.75, 3.05) is 5.32 Å². The molecule has 19 heavy (non-hydrogen) atoms. The van der Waals surface area contributed by atoms with E-state index < -0.39 is 17.6 Å². The van der Waals surface area contributed by atoms with Crippen molar-refractivity contribution in [1.29, 1.82) is 0 Å². The number of benzene rings is 1. The van der Waals surface area contributed by atoms with Gasteiger partial charge in [-0.2, -0.15) is 13.2 Å². The second kappa shape index (κ2) is 5.04. The van der Waals surface area contributed by atoms with Crippen LogP contribution >= 0.6 is 15.9 Å². The summed E-state index contributed by atoms with van der Waals surface area (Å²) in [5.41, 5.74) is -1.04. The molecule has 2 rings (SSSR count). The smallest absolute Gasteiger partial charge is 0.363 e. The van der Waals surface area contributed by atoms with Crippen LogP contribution in [0.4, 0.5) is 19.0 Å². The molecule has 0 bridgehead atoms. The molecule has 0 atom stereocenters. The predicted molar refractivity (Wildman–Crippen MR) is 63.6 cm³/mol. The zero-order chi connectivity index (χ0) is 14.0. The third kappa shape index (κ3) is 3.14. The Morgan fingerprint density at radius 3 is 2.63 bits per heavy atom. The monoisotopic (exact) mass is 334 g/mol. The van der Waals surface area contributed by atoms with E-state index >= 15 is 0 Å². The molecule has 8 heteroatoms. The van der Waals surface area contributed by atoms with Crippen molar-refractivity contribution in [3.8, 4) is 0 Å². The van der Waals surface area contributed by atoms with Crippen LogP contribution in [0.5, 0.6) is 0 Å². The number of alkyl halides is 3. The summed E-state index contributed by atoms with van der Waals surface area (Å²) in [5, 5.41) is 5.74. The average molecular weight is 335 g/mol. The summed E-state index contributed by atoms with van der Waals surface area (Å²) in [6, 6.07) is 4.58. The minimum atomic E-state index is -4.54. The van der Waals surface area contributed by atoms with E-state index in [-0.39, 0.29) is 15.9 Å².